The van der Waals surface area contributed by atoms with E-state index in [9.17, 15) is 9.18 Å². The smallest absolute Gasteiger partial charge is 0.263 e. The van der Waals surface area contributed by atoms with Gasteiger partial charge in [0.25, 0.3) is 5.91 Å². The van der Waals surface area contributed by atoms with Crippen molar-refractivity contribution < 1.29 is 13.9 Å². The van der Waals surface area contributed by atoms with Crippen molar-refractivity contribution in [2.24, 2.45) is 0 Å². The lowest BCUT2D eigenvalue weighted by Gasteiger charge is -2.25. The maximum Gasteiger partial charge on any atom is 0.263 e. The van der Waals surface area contributed by atoms with Gasteiger partial charge in [0.2, 0.25) is 0 Å². The van der Waals surface area contributed by atoms with E-state index in [0.29, 0.717) is 44.8 Å². The van der Waals surface area contributed by atoms with Crippen molar-refractivity contribution in [3.8, 4) is 5.75 Å². The topological polar surface area (TPSA) is 45.7 Å². The molecule has 3 aromatic rings. The van der Waals surface area contributed by atoms with Crippen molar-refractivity contribution in [1.29, 1.82) is 0 Å². The van der Waals surface area contributed by atoms with Gasteiger partial charge in [0.05, 0.1) is 22.9 Å². The Morgan fingerprint density at radius 1 is 1.17 bits per heavy atom. The minimum Gasteiger partial charge on any atom is -0.496 e. The average molecular weight is 472 g/mol. The summed E-state index contributed by atoms with van der Waals surface area (Å²) < 4.78 is 19.7. The molecule has 0 atom stereocenters. The van der Waals surface area contributed by atoms with Gasteiger partial charge in [0, 0.05) is 18.1 Å². The van der Waals surface area contributed by atoms with E-state index < -0.39 is 0 Å². The van der Waals surface area contributed by atoms with Gasteiger partial charge in [-0.15, -0.1) is 12.4 Å². The fourth-order valence-corrected chi connectivity index (χ4v) is 4.25. The first-order chi connectivity index (χ1) is 14.0. The van der Waals surface area contributed by atoms with Crippen molar-refractivity contribution in [2.75, 3.05) is 38.2 Å². The van der Waals surface area contributed by atoms with Crippen LogP contribution in [0.3, 0.4) is 0 Å². The zero-order valence-electron chi connectivity index (χ0n) is 17.0. The monoisotopic (exact) mass is 471 g/mol. The number of carbonyl (C=O) groups excluding carboxylic acids is 1. The number of fused-ring (bicyclic) bond motifs is 1. The van der Waals surface area contributed by atoms with Crippen molar-refractivity contribution in [3.63, 3.8) is 0 Å². The molecule has 9 heteroatoms. The fourth-order valence-electron chi connectivity index (χ4n) is 3.06. The molecule has 3 rings (SSSR count). The van der Waals surface area contributed by atoms with Gasteiger partial charge in [0.1, 0.15) is 11.6 Å². The highest BCUT2D eigenvalue weighted by molar-refractivity contribution is 7.22. The first-order valence-electron chi connectivity index (χ1n) is 9.40. The number of ether oxygens (including phenoxy) is 1. The number of benzene rings is 2. The standard InChI is InChI=1S/C21H23ClFN3O2S.ClH/c1-4-25(5-2)10-11-26(20(27)16-12-14(22)6-9-18(16)28-3)21-24-17-8-7-15(23)13-19(17)29-21;/h6-9,12-13H,4-5,10-11H2,1-3H3;1H. The van der Waals surface area contributed by atoms with Gasteiger partial charge < -0.3 is 9.64 Å². The van der Waals surface area contributed by atoms with E-state index in [0.717, 1.165) is 13.1 Å². The van der Waals surface area contributed by atoms with Crippen LogP contribution in [0.15, 0.2) is 36.4 Å². The summed E-state index contributed by atoms with van der Waals surface area (Å²) >= 11 is 7.42. The predicted molar refractivity (Wildman–Crippen MR) is 124 cm³/mol. The molecule has 0 saturated carbocycles. The number of hydrogen-bond acceptors (Lipinski definition) is 5. The van der Waals surface area contributed by atoms with Crippen molar-refractivity contribution in [2.45, 2.75) is 13.8 Å². The molecule has 0 saturated heterocycles. The number of nitrogens with zero attached hydrogens (tertiary/aromatic N) is 3. The molecule has 0 spiro atoms. The van der Waals surface area contributed by atoms with Crippen LogP contribution in [-0.2, 0) is 0 Å². The summed E-state index contributed by atoms with van der Waals surface area (Å²) in [5.41, 5.74) is 1.02. The Bertz CT molecular complexity index is 1010. The maximum absolute atomic E-state index is 13.6. The van der Waals surface area contributed by atoms with Crippen LogP contribution in [0, 0.1) is 5.82 Å². The minimum atomic E-state index is -0.328. The number of thiazole rings is 1. The third-order valence-electron chi connectivity index (χ3n) is 4.74. The summed E-state index contributed by atoms with van der Waals surface area (Å²) in [6.45, 7) is 7.05. The van der Waals surface area contributed by atoms with E-state index in [4.69, 9.17) is 16.3 Å². The quantitative estimate of drug-likeness (QED) is 0.434. The first kappa shape index (κ1) is 24.3. The molecule has 1 aromatic heterocycles. The summed E-state index contributed by atoms with van der Waals surface area (Å²) in [5.74, 6) is -0.138. The molecule has 1 amide bonds. The van der Waals surface area contributed by atoms with Gasteiger partial charge in [-0.25, -0.2) is 9.37 Å². The molecule has 0 N–H and O–H groups in total. The van der Waals surface area contributed by atoms with Crippen LogP contribution in [0.25, 0.3) is 10.2 Å². The van der Waals surface area contributed by atoms with Crippen LogP contribution in [0.4, 0.5) is 9.52 Å². The molecule has 5 nitrogen and oxygen atoms in total. The van der Waals surface area contributed by atoms with E-state index in [-0.39, 0.29) is 24.1 Å². The third-order valence-corrected chi connectivity index (χ3v) is 6.02. The Hall–Kier alpha value is -1.93. The van der Waals surface area contributed by atoms with Crippen molar-refractivity contribution in [1.82, 2.24) is 9.88 Å². The molecule has 0 aliphatic rings. The van der Waals surface area contributed by atoms with Gasteiger partial charge in [-0.1, -0.05) is 36.8 Å². The number of likely N-dealkylation sites (N-methyl/N-ethyl adjacent to an activating group) is 1. The Kier molecular flexibility index (Phi) is 8.85. The number of halogens is 3. The number of anilines is 1. The molecule has 0 fully saturated rings. The molecule has 0 aliphatic heterocycles. The Morgan fingerprint density at radius 2 is 1.90 bits per heavy atom. The molecular weight excluding hydrogens is 448 g/mol. The summed E-state index contributed by atoms with van der Waals surface area (Å²) in [4.78, 5) is 21.9. The molecule has 0 unspecified atom stereocenters. The number of carbonyl (C=O) groups is 1. The second-order valence-electron chi connectivity index (χ2n) is 6.44. The van der Waals surface area contributed by atoms with E-state index in [1.54, 1.807) is 29.2 Å². The zero-order valence-corrected chi connectivity index (χ0v) is 19.4. The van der Waals surface area contributed by atoms with Gasteiger partial charge in [-0.05, 0) is 49.5 Å². The number of hydrogen-bond donors (Lipinski definition) is 0. The number of methoxy groups -OCH3 is 1. The van der Waals surface area contributed by atoms with E-state index >= 15 is 0 Å². The number of aromatic nitrogens is 1. The summed E-state index contributed by atoms with van der Waals surface area (Å²) in [6, 6.07) is 9.37. The molecule has 162 valence electrons. The van der Waals surface area contributed by atoms with Crippen molar-refractivity contribution >= 4 is 56.6 Å². The average Bonchev–Trinajstić information content (AvgIpc) is 3.13. The molecule has 2 aromatic carbocycles. The van der Waals surface area contributed by atoms with Gasteiger partial charge in [0.15, 0.2) is 5.13 Å². The lowest BCUT2D eigenvalue weighted by Crippen LogP contribution is -2.39. The van der Waals surface area contributed by atoms with Crippen LogP contribution in [0.5, 0.6) is 5.75 Å². The number of amides is 1. The van der Waals surface area contributed by atoms with Crippen LogP contribution in [0.1, 0.15) is 24.2 Å². The van der Waals surface area contributed by atoms with Gasteiger partial charge in [-0.2, -0.15) is 0 Å². The lowest BCUT2D eigenvalue weighted by molar-refractivity contribution is 0.0981. The van der Waals surface area contributed by atoms with Crippen LogP contribution < -0.4 is 9.64 Å². The molecule has 0 bridgehead atoms. The Morgan fingerprint density at radius 3 is 2.57 bits per heavy atom. The normalized spacial score (nSPS) is 10.9. The zero-order chi connectivity index (χ0) is 21.0. The largest absolute Gasteiger partial charge is 0.496 e. The predicted octanol–water partition coefficient (Wildman–Crippen LogP) is 5.51. The molecule has 0 aliphatic carbocycles. The highest BCUT2D eigenvalue weighted by Gasteiger charge is 2.25. The van der Waals surface area contributed by atoms with Gasteiger partial charge >= 0.3 is 0 Å². The van der Waals surface area contributed by atoms with E-state index in [1.807, 2.05) is 0 Å². The molecule has 1 heterocycles. The lowest BCUT2D eigenvalue weighted by atomic mass is 10.1. The molecule has 0 radical (unpaired) electrons. The highest BCUT2D eigenvalue weighted by Crippen LogP contribution is 2.32. The van der Waals surface area contributed by atoms with Crippen molar-refractivity contribution in [3.05, 3.63) is 52.8 Å². The van der Waals surface area contributed by atoms with Crippen LogP contribution in [0.2, 0.25) is 5.02 Å². The van der Waals surface area contributed by atoms with Crippen LogP contribution >= 0.6 is 35.3 Å². The van der Waals surface area contributed by atoms with E-state index in [1.165, 1.54) is 30.6 Å². The van der Waals surface area contributed by atoms with E-state index in [2.05, 4.69) is 23.7 Å². The highest BCUT2D eigenvalue weighted by atomic mass is 35.5. The molecule has 30 heavy (non-hydrogen) atoms. The second kappa shape index (κ2) is 10.9. The summed E-state index contributed by atoms with van der Waals surface area (Å²) in [6.07, 6.45) is 0. The summed E-state index contributed by atoms with van der Waals surface area (Å²) in [7, 11) is 1.51. The number of rotatable bonds is 8. The fraction of sp³-hybridized carbons (Fsp3) is 0.333. The maximum atomic E-state index is 13.6. The third kappa shape index (κ3) is 5.40. The Balaban J connectivity index is 0.00000320. The SMILES string of the molecule is CCN(CC)CCN(C(=O)c1cc(Cl)ccc1OC)c1nc2ccc(F)cc2s1.Cl. The van der Waals surface area contributed by atoms with Crippen LogP contribution in [-0.4, -0.2) is 49.1 Å². The second-order valence-corrected chi connectivity index (χ2v) is 7.88. The minimum absolute atomic E-state index is 0. The Labute approximate surface area is 190 Å². The molecular formula is C21H24Cl2FN3O2S. The summed E-state index contributed by atoms with van der Waals surface area (Å²) in [5, 5.41) is 0.967. The van der Waals surface area contributed by atoms with Gasteiger partial charge in [-0.3, -0.25) is 9.69 Å². The first-order valence-corrected chi connectivity index (χ1v) is 10.6.